The molecular weight excluding hydrogens is 357 g/mol. The molecular formula is C22H24FN3O2. The Morgan fingerprint density at radius 3 is 2.50 bits per heavy atom. The topological polar surface area (TPSA) is 61.4 Å². The maximum absolute atomic E-state index is 14.4. The molecule has 146 valence electrons. The fourth-order valence-electron chi connectivity index (χ4n) is 3.11. The van der Waals surface area contributed by atoms with Crippen LogP contribution in [0.1, 0.15) is 25.3 Å². The van der Waals surface area contributed by atoms with Crippen LogP contribution in [0.4, 0.5) is 15.8 Å². The van der Waals surface area contributed by atoms with Gasteiger partial charge in [0.2, 0.25) is 11.8 Å². The zero-order valence-corrected chi connectivity index (χ0v) is 15.8. The van der Waals surface area contributed by atoms with Crippen LogP contribution in [-0.4, -0.2) is 30.9 Å². The Kier molecular flexibility index (Phi) is 6.42. The van der Waals surface area contributed by atoms with Gasteiger partial charge in [0.15, 0.2) is 0 Å². The summed E-state index contributed by atoms with van der Waals surface area (Å²) in [5.41, 5.74) is 1.82. The number of amides is 2. The first-order valence-electron chi connectivity index (χ1n) is 9.42. The van der Waals surface area contributed by atoms with E-state index in [-0.39, 0.29) is 11.7 Å². The number of halogens is 1. The second-order valence-corrected chi connectivity index (χ2v) is 6.82. The van der Waals surface area contributed by atoms with Crippen molar-refractivity contribution >= 4 is 29.3 Å². The van der Waals surface area contributed by atoms with Crippen LogP contribution in [-0.2, 0) is 9.59 Å². The van der Waals surface area contributed by atoms with E-state index in [9.17, 15) is 14.0 Å². The predicted molar refractivity (Wildman–Crippen MR) is 110 cm³/mol. The van der Waals surface area contributed by atoms with Crippen molar-refractivity contribution in [1.82, 2.24) is 5.32 Å². The van der Waals surface area contributed by atoms with Crippen LogP contribution < -0.4 is 15.5 Å². The van der Waals surface area contributed by atoms with E-state index in [1.54, 1.807) is 25.1 Å². The van der Waals surface area contributed by atoms with Gasteiger partial charge in [-0.05, 0) is 49.6 Å². The molecule has 28 heavy (non-hydrogen) atoms. The molecule has 0 saturated carbocycles. The van der Waals surface area contributed by atoms with Gasteiger partial charge in [0.05, 0.1) is 5.69 Å². The number of nitrogens with zero attached hydrogens (tertiary/aromatic N) is 1. The van der Waals surface area contributed by atoms with Crippen LogP contribution in [0.2, 0.25) is 0 Å². The average Bonchev–Trinajstić information content (AvgIpc) is 3.21. The van der Waals surface area contributed by atoms with Crippen molar-refractivity contribution < 1.29 is 14.0 Å². The monoisotopic (exact) mass is 381 g/mol. The van der Waals surface area contributed by atoms with Gasteiger partial charge in [0.25, 0.3) is 0 Å². The van der Waals surface area contributed by atoms with E-state index in [4.69, 9.17) is 0 Å². The third kappa shape index (κ3) is 5.19. The Morgan fingerprint density at radius 1 is 1.11 bits per heavy atom. The summed E-state index contributed by atoms with van der Waals surface area (Å²) in [5, 5.41) is 5.24. The molecule has 2 N–H and O–H groups in total. The van der Waals surface area contributed by atoms with Crippen LogP contribution >= 0.6 is 0 Å². The van der Waals surface area contributed by atoms with Gasteiger partial charge in [-0.15, -0.1) is 0 Å². The van der Waals surface area contributed by atoms with Gasteiger partial charge < -0.3 is 15.5 Å². The van der Waals surface area contributed by atoms with Gasteiger partial charge in [-0.25, -0.2) is 4.39 Å². The maximum Gasteiger partial charge on any atom is 0.246 e. The minimum atomic E-state index is -0.755. The fraction of sp³-hybridized carbons (Fsp3) is 0.273. The first kappa shape index (κ1) is 19.6. The molecule has 1 aliphatic rings. The molecule has 0 aromatic heterocycles. The van der Waals surface area contributed by atoms with E-state index < -0.39 is 11.9 Å². The summed E-state index contributed by atoms with van der Waals surface area (Å²) >= 11 is 0. The number of anilines is 2. The molecule has 0 bridgehead atoms. The molecule has 1 heterocycles. The van der Waals surface area contributed by atoms with E-state index in [0.29, 0.717) is 11.4 Å². The number of carbonyl (C=O) groups excluding carboxylic acids is 2. The number of rotatable bonds is 6. The van der Waals surface area contributed by atoms with Crippen LogP contribution in [0.3, 0.4) is 0 Å². The number of hydrogen-bond donors (Lipinski definition) is 2. The maximum atomic E-state index is 14.4. The number of nitrogens with one attached hydrogen (secondary N) is 2. The molecule has 1 atom stereocenters. The first-order valence-corrected chi connectivity index (χ1v) is 9.42. The summed E-state index contributed by atoms with van der Waals surface area (Å²) in [7, 11) is 0. The highest BCUT2D eigenvalue weighted by molar-refractivity contribution is 5.99. The minimum absolute atomic E-state index is 0.359. The van der Waals surface area contributed by atoms with Gasteiger partial charge in [-0.1, -0.05) is 30.3 Å². The normalized spacial score (nSPS) is 14.9. The van der Waals surface area contributed by atoms with Gasteiger partial charge in [-0.3, -0.25) is 9.59 Å². The molecule has 1 saturated heterocycles. The van der Waals surface area contributed by atoms with Crippen molar-refractivity contribution in [3.8, 4) is 0 Å². The Morgan fingerprint density at radius 2 is 1.82 bits per heavy atom. The van der Waals surface area contributed by atoms with Gasteiger partial charge >= 0.3 is 0 Å². The van der Waals surface area contributed by atoms with E-state index >= 15 is 0 Å². The summed E-state index contributed by atoms with van der Waals surface area (Å²) < 4.78 is 14.4. The van der Waals surface area contributed by atoms with Crippen molar-refractivity contribution in [2.45, 2.75) is 25.8 Å². The summed E-state index contributed by atoms with van der Waals surface area (Å²) in [5.74, 6) is -1.14. The lowest BCUT2D eigenvalue weighted by Gasteiger charge is -2.19. The standard InChI is InChI=1S/C22H24FN3O2/c1-16(24-21(27)12-9-17-7-3-2-4-8-17)22(28)25-18-10-11-20(19(23)15-18)26-13-5-6-14-26/h2-4,7-12,15-16H,5-6,13-14H2,1H3,(H,24,27)(H,25,28). The van der Waals surface area contributed by atoms with Gasteiger partial charge in [-0.2, -0.15) is 0 Å². The van der Waals surface area contributed by atoms with Crippen molar-refractivity contribution in [2.24, 2.45) is 0 Å². The fourth-order valence-corrected chi connectivity index (χ4v) is 3.11. The van der Waals surface area contributed by atoms with Crippen molar-refractivity contribution in [3.05, 3.63) is 66.0 Å². The molecule has 2 aromatic rings. The lowest BCUT2D eigenvalue weighted by Crippen LogP contribution is -2.40. The second-order valence-electron chi connectivity index (χ2n) is 6.82. The Bertz CT molecular complexity index is 861. The van der Waals surface area contributed by atoms with E-state index in [1.165, 1.54) is 12.1 Å². The number of hydrogen-bond acceptors (Lipinski definition) is 3. The summed E-state index contributed by atoms with van der Waals surface area (Å²) in [4.78, 5) is 26.3. The van der Waals surface area contributed by atoms with Crippen molar-refractivity contribution in [3.63, 3.8) is 0 Å². The quantitative estimate of drug-likeness (QED) is 0.752. The van der Waals surface area contributed by atoms with Crippen LogP contribution in [0.5, 0.6) is 0 Å². The zero-order chi connectivity index (χ0) is 19.9. The molecule has 0 radical (unpaired) electrons. The molecule has 2 aromatic carbocycles. The predicted octanol–water partition coefficient (Wildman–Crippen LogP) is 3.58. The highest BCUT2D eigenvalue weighted by atomic mass is 19.1. The van der Waals surface area contributed by atoms with E-state index in [1.807, 2.05) is 35.2 Å². The van der Waals surface area contributed by atoms with E-state index in [0.717, 1.165) is 31.5 Å². The molecule has 0 aliphatic carbocycles. The Balaban J connectivity index is 1.54. The zero-order valence-electron chi connectivity index (χ0n) is 15.8. The second kappa shape index (κ2) is 9.17. The summed E-state index contributed by atoms with van der Waals surface area (Å²) in [6.45, 7) is 3.28. The highest BCUT2D eigenvalue weighted by Crippen LogP contribution is 2.26. The molecule has 1 unspecified atom stereocenters. The molecule has 2 amide bonds. The first-order chi connectivity index (χ1) is 13.5. The third-order valence-corrected chi connectivity index (χ3v) is 4.64. The Labute approximate surface area is 164 Å². The number of carbonyl (C=O) groups is 2. The lowest BCUT2D eigenvalue weighted by molar-refractivity contribution is -0.123. The van der Waals surface area contributed by atoms with Crippen LogP contribution in [0.15, 0.2) is 54.6 Å². The molecule has 1 fully saturated rings. The lowest BCUT2D eigenvalue weighted by atomic mass is 10.2. The summed E-state index contributed by atoms with van der Waals surface area (Å²) in [6.07, 6.45) is 5.18. The van der Waals surface area contributed by atoms with Crippen molar-refractivity contribution in [2.75, 3.05) is 23.3 Å². The van der Waals surface area contributed by atoms with E-state index in [2.05, 4.69) is 10.6 Å². The Hall–Kier alpha value is -3.15. The third-order valence-electron chi connectivity index (χ3n) is 4.64. The summed E-state index contributed by atoms with van der Waals surface area (Å²) in [6, 6.07) is 13.3. The highest BCUT2D eigenvalue weighted by Gasteiger charge is 2.18. The molecule has 5 nitrogen and oxygen atoms in total. The average molecular weight is 381 g/mol. The molecule has 0 spiro atoms. The molecule has 3 rings (SSSR count). The molecule has 1 aliphatic heterocycles. The van der Waals surface area contributed by atoms with Crippen LogP contribution in [0, 0.1) is 5.82 Å². The van der Waals surface area contributed by atoms with Crippen molar-refractivity contribution in [1.29, 1.82) is 0 Å². The molecule has 6 heteroatoms. The van der Waals surface area contributed by atoms with Crippen LogP contribution in [0.25, 0.3) is 6.08 Å². The SMILES string of the molecule is CC(NC(=O)C=Cc1ccccc1)C(=O)Nc1ccc(N2CCCC2)c(F)c1. The van der Waals surface area contributed by atoms with Gasteiger partial charge in [0.1, 0.15) is 11.9 Å². The smallest absolute Gasteiger partial charge is 0.246 e. The minimum Gasteiger partial charge on any atom is -0.369 e. The number of benzene rings is 2. The van der Waals surface area contributed by atoms with Gasteiger partial charge in [0, 0.05) is 24.9 Å². The largest absolute Gasteiger partial charge is 0.369 e.